The number of carbonyl (C=O) groups is 1. The van der Waals surface area contributed by atoms with E-state index < -0.39 is 6.61 Å². The molecule has 3 aromatic carbocycles. The Morgan fingerprint density at radius 1 is 1.03 bits per heavy atom. The van der Waals surface area contributed by atoms with Crippen molar-refractivity contribution in [3.63, 3.8) is 0 Å². The third kappa shape index (κ3) is 6.55. The first-order chi connectivity index (χ1) is 14.9. The van der Waals surface area contributed by atoms with Crippen LogP contribution < -0.4 is 14.2 Å². The summed E-state index contributed by atoms with van der Waals surface area (Å²) in [5.41, 5.74) is 1.93. The van der Waals surface area contributed by atoms with Crippen LogP contribution in [-0.2, 0) is 6.61 Å². The Kier molecular flexibility index (Phi) is 7.62. The van der Waals surface area contributed by atoms with Gasteiger partial charge in [0.05, 0.1) is 7.11 Å². The Bertz CT molecular complexity index is 1070. The molecule has 0 aromatic heterocycles. The molecule has 0 unspecified atom stereocenters. The molecule has 0 aliphatic rings. The summed E-state index contributed by atoms with van der Waals surface area (Å²) in [7, 11) is 1.57. The van der Waals surface area contributed by atoms with Gasteiger partial charge in [-0.1, -0.05) is 29.8 Å². The molecule has 0 heterocycles. The summed E-state index contributed by atoms with van der Waals surface area (Å²) in [5.74, 6) is 1.01. The molecule has 0 radical (unpaired) electrons. The molecule has 0 aliphatic carbocycles. The minimum absolute atomic E-state index is 0.00460. The van der Waals surface area contributed by atoms with Gasteiger partial charge in [-0.2, -0.15) is 8.78 Å². The Morgan fingerprint density at radius 3 is 2.48 bits per heavy atom. The Balaban J connectivity index is 1.70. The third-order valence-corrected chi connectivity index (χ3v) is 4.52. The van der Waals surface area contributed by atoms with Gasteiger partial charge in [0.1, 0.15) is 23.9 Å². The van der Waals surface area contributed by atoms with Crippen molar-refractivity contribution in [2.75, 3.05) is 7.11 Å². The van der Waals surface area contributed by atoms with Gasteiger partial charge in [0.15, 0.2) is 5.78 Å². The van der Waals surface area contributed by atoms with Crippen LogP contribution in [0.25, 0.3) is 6.08 Å². The fourth-order valence-corrected chi connectivity index (χ4v) is 2.98. The van der Waals surface area contributed by atoms with E-state index in [0.717, 1.165) is 11.1 Å². The molecule has 7 heteroatoms. The molecule has 4 nitrogen and oxygen atoms in total. The van der Waals surface area contributed by atoms with Gasteiger partial charge in [-0.3, -0.25) is 4.79 Å². The predicted molar refractivity (Wildman–Crippen MR) is 115 cm³/mol. The molecular formula is C24H19ClF2O4. The van der Waals surface area contributed by atoms with Crippen molar-refractivity contribution in [2.24, 2.45) is 0 Å². The first kappa shape index (κ1) is 22.3. The van der Waals surface area contributed by atoms with Crippen molar-refractivity contribution < 1.29 is 27.8 Å². The number of allylic oxidation sites excluding steroid dienone is 1. The highest BCUT2D eigenvalue weighted by atomic mass is 35.5. The first-order valence-electron chi connectivity index (χ1n) is 9.27. The quantitative estimate of drug-likeness (QED) is 0.282. The molecule has 160 valence electrons. The Labute approximate surface area is 183 Å². The zero-order valence-electron chi connectivity index (χ0n) is 16.6. The van der Waals surface area contributed by atoms with E-state index in [1.54, 1.807) is 43.5 Å². The van der Waals surface area contributed by atoms with Crippen molar-refractivity contribution in [1.82, 2.24) is 0 Å². The second-order valence-electron chi connectivity index (χ2n) is 6.42. The second kappa shape index (κ2) is 10.6. The highest BCUT2D eigenvalue weighted by Crippen LogP contribution is 2.24. The van der Waals surface area contributed by atoms with Gasteiger partial charge in [0, 0.05) is 16.1 Å². The van der Waals surface area contributed by atoms with Gasteiger partial charge >= 0.3 is 6.61 Å². The molecule has 3 rings (SSSR count). The van der Waals surface area contributed by atoms with Crippen LogP contribution in [0.2, 0.25) is 5.02 Å². The maximum atomic E-state index is 12.4. The number of rotatable bonds is 9. The summed E-state index contributed by atoms with van der Waals surface area (Å²) in [6, 6.07) is 18.0. The smallest absolute Gasteiger partial charge is 0.387 e. The van der Waals surface area contributed by atoms with Crippen LogP contribution in [0.3, 0.4) is 0 Å². The molecule has 0 amide bonds. The van der Waals surface area contributed by atoms with E-state index in [0.29, 0.717) is 22.1 Å². The van der Waals surface area contributed by atoms with E-state index in [4.69, 9.17) is 21.1 Å². The predicted octanol–water partition coefficient (Wildman–Crippen LogP) is 6.43. The molecular weight excluding hydrogens is 426 g/mol. The molecule has 0 atom stereocenters. The van der Waals surface area contributed by atoms with Crippen molar-refractivity contribution in [1.29, 1.82) is 0 Å². The fourth-order valence-electron chi connectivity index (χ4n) is 2.80. The fraction of sp³-hybridized carbons (Fsp3) is 0.125. The van der Waals surface area contributed by atoms with Crippen molar-refractivity contribution in [2.45, 2.75) is 13.2 Å². The first-order valence-corrected chi connectivity index (χ1v) is 9.65. The minimum Gasteiger partial charge on any atom is -0.496 e. The highest BCUT2D eigenvalue weighted by Gasteiger charge is 2.08. The SMILES string of the molecule is COc1ccc(/C=C/C(=O)c2ccc(OC(F)F)cc2)cc1COc1cccc(Cl)c1. The summed E-state index contributed by atoms with van der Waals surface area (Å²) in [5, 5.41) is 0.577. The highest BCUT2D eigenvalue weighted by molar-refractivity contribution is 6.30. The lowest BCUT2D eigenvalue weighted by atomic mass is 10.1. The number of hydrogen-bond donors (Lipinski definition) is 0. The van der Waals surface area contributed by atoms with Crippen LogP contribution in [-0.4, -0.2) is 19.5 Å². The summed E-state index contributed by atoms with van der Waals surface area (Å²) in [4.78, 5) is 12.4. The summed E-state index contributed by atoms with van der Waals surface area (Å²) >= 11 is 5.98. The lowest BCUT2D eigenvalue weighted by Gasteiger charge is -2.11. The maximum absolute atomic E-state index is 12.4. The molecule has 0 saturated carbocycles. The number of ether oxygens (including phenoxy) is 3. The maximum Gasteiger partial charge on any atom is 0.387 e. The summed E-state index contributed by atoms with van der Waals surface area (Å²) in [6.45, 7) is -2.65. The largest absolute Gasteiger partial charge is 0.496 e. The Hall–Kier alpha value is -3.38. The van der Waals surface area contributed by atoms with Gasteiger partial charge in [-0.25, -0.2) is 0 Å². The average Bonchev–Trinajstić information content (AvgIpc) is 2.76. The normalized spacial score (nSPS) is 11.0. The van der Waals surface area contributed by atoms with E-state index in [1.165, 1.54) is 30.3 Å². The molecule has 0 aliphatic heterocycles. The number of carbonyl (C=O) groups excluding carboxylic acids is 1. The van der Waals surface area contributed by atoms with Crippen LogP contribution in [0.5, 0.6) is 17.2 Å². The van der Waals surface area contributed by atoms with E-state index in [1.807, 2.05) is 12.1 Å². The zero-order valence-corrected chi connectivity index (χ0v) is 17.3. The molecule has 3 aromatic rings. The average molecular weight is 445 g/mol. The number of alkyl halides is 2. The Morgan fingerprint density at radius 2 is 1.81 bits per heavy atom. The van der Waals surface area contributed by atoms with Crippen LogP contribution >= 0.6 is 11.6 Å². The molecule has 0 bridgehead atoms. The second-order valence-corrected chi connectivity index (χ2v) is 6.85. The van der Waals surface area contributed by atoms with Crippen LogP contribution in [0, 0.1) is 0 Å². The van der Waals surface area contributed by atoms with Crippen molar-refractivity contribution >= 4 is 23.5 Å². The summed E-state index contributed by atoms with van der Waals surface area (Å²) in [6.07, 6.45) is 3.07. The molecule has 0 N–H and O–H groups in total. The molecule has 0 fully saturated rings. The standard InChI is InChI=1S/C24H19ClF2O4/c1-29-23-12-6-16(13-18(23)15-30-21-4-2-3-19(25)14-21)5-11-22(28)17-7-9-20(10-8-17)31-24(26)27/h2-14,24H,15H2,1H3/b11-5+. The zero-order chi connectivity index (χ0) is 22.2. The van der Waals surface area contributed by atoms with Gasteiger partial charge in [-0.15, -0.1) is 0 Å². The third-order valence-electron chi connectivity index (χ3n) is 4.29. The van der Waals surface area contributed by atoms with Crippen LogP contribution in [0.4, 0.5) is 8.78 Å². The molecule has 0 spiro atoms. The van der Waals surface area contributed by atoms with E-state index in [9.17, 15) is 13.6 Å². The monoisotopic (exact) mass is 444 g/mol. The van der Waals surface area contributed by atoms with Gasteiger partial charge in [-0.05, 0) is 66.2 Å². The van der Waals surface area contributed by atoms with Gasteiger partial charge in [0.25, 0.3) is 0 Å². The number of benzene rings is 3. The lowest BCUT2D eigenvalue weighted by molar-refractivity contribution is -0.0498. The van der Waals surface area contributed by atoms with Crippen molar-refractivity contribution in [3.8, 4) is 17.2 Å². The topological polar surface area (TPSA) is 44.8 Å². The van der Waals surface area contributed by atoms with E-state index >= 15 is 0 Å². The van der Waals surface area contributed by atoms with Crippen LogP contribution in [0.1, 0.15) is 21.5 Å². The molecule has 31 heavy (non-hydrogen) atoms. The number of hydrogen-bond acceptors (Lipinski definition) is 4. The number of methoxy groups -OCH3 is 1. The minimum atomic E-state index is -2.91. The van der Waals surface area contributed by atoms with Crippen molar-refractivity contribution in [3.05, 3.63) is 94.5 Å². The van der Waals surface area contributed by atoms with Crippen LogP contribution in [0.15, 0.2) is 72.8 Å². The number of ketones is 1. The lowest BCUT2D eigenvalue weighted by Crippen LogP contribution is -2.02. The number of halogens is 3. The van der Waals surface area contributed by atoms with Gasteiger partial charge in [0.2, 0.25) is 0 Å². The van der Waals surface area contributed by atoms with Gasteiger partial charge < -0.3 is 14.2 Å². The molecule has 0 saturated heterocycles. The summed E-state index contributed by atoms with van der Waals surface area (Å²) < 4.78 is 39.9. The van der Waals surface area contributed by atoms with E-state index in [2.05, 4.69) is 4.74 Å². The van der Waals surface area contributed by atoms with E-state index in [-0.39, 0.29) is 18.1 Å².